The number of carboxylic acids is 1. The molecule has 4 N–H and O–H groups in total. The van der Waals surface area contributed by atoms with E-state index in [1.54, 1.807) is 0 Å². The molecule has 0 aliphatic heterocycles. The Labute approximate surface area is 265 Å². The van der Waals surface area contributed by atoms with Crippen LogP contribution in [0.3, 0.4) is 0 Å². The van der Waals surface area contributed by atoms with E-state index in [4.69, 9.17) is 14.6 Å². The molecule has 3 amide bonds. The summed E-state index contributed by atoms with van der Waals surface area (Å²) < 4.78 is 10.8. The van der Waals surface area contributed by atoms with E-state index in [0.717, 1.165) is 22.3 Å². The molecule has 3 aromatic rings. The maximum Gasteiger partial charge on any atom is 0.407 e. The van der Waals surface area contributed by atoms with E-state index in [9.17, 15) is 29.3 Å². The van der Waals surface area contributed by atoms with Crippen LogP contribution in [-0.2, 0) is 25.6 Å². The van der Waals surface area contributed by atoms with E-state index in [1.165, 1.54) is 25.1 Å². The van der Waals surface area contributed by atoms with Gasteiger partial charge in [0.15, 0.2) is 0 Å². The predicted octanol–water partition coefficient (Wildman–Crippen LogP) is 5.18. The summed E-state index contributed by atoms with van der Waals surface area (Å²) in [5, 5.41) is 28.1. The van der Waals surface area contributed by atoms with Gasteiger partial charge in [-0.2, -0.15) is 0 Å². The number of nitrogens with zero attached hydrogens (tertiary/aromatic N) is 1. The molecule has 0 fully saturated rings. The average molecular weight is 633 g/mol. The van der Waals surface area contributed by atoms with Crippen LogP contribution in [0.4, 0.5) is 15.3 Å². The van der Waals surface area contributed by atoms with Gasteiger partial charge < -0.3 is 30.5 Å². The van der Waals surface area contributed by atoms with Crippen molar-refractivity contribution in [2.45, 2.75) is 51.2 Å². The van der Waals surface area contributed by atoms with Crippen LogP contribution in [0.15, 0.2) is 66.7 Å². The zero-order valence-electron chi connectivity index (χ0n) is 25.3. The van der Waals surface area contributed by atoms with Crippen molar-refractivity contribution < 1.29 is 38.7 Å². The van der Waals surface area contributed by atoms with Gasteiger partial charge in [-0.25, -0.2) is 9.59 Å². The number of hydrogen-bond acceptors (Lipinski definition) is 8. The number of hydrogen-bond donors (Lipinski definition) is 4. The monoisotopic (exact) mass is 632 g/mol. The largest absolute Gasteiger partial charge is 0.481 e. The molecule has 0 aromatic heterocycles. The Balaban J connectivity index is 1.20. The van der Waals surface area contributed by atoms with E-state index < -0.39 is 29.2 Å². The minimum atomic E-state index is -0.998. The number of amides is 3. The second-order valence-corrected chi connectivity index (χ2v) is 10.8. The maximum atomic E-state index is 12.4. The first-order valence-corrected chi connectivity index (χ1v) is 14.9. The number of carboxylic acid groups (broad SMARTS) is 1. The van der Waals surface area contributed by atoms with Crippen molar-refractivity contribution in [3.05, 3.63) is 99.1 Å². The van der Waals surface area contributed by atoms with Crippen molar-refractivity contribution in [1.29, 1.82) is 0 Å². The van der Waals surface area contributed by atoms with Gasteiger partial charge in [-0.15, -0.1) is 0 Å². The number of nitro benzene ring substituents is 1. The van der Waals surface area contributed by atoms with Crippen LogP contribution in [-0.4, -0.2) is 53.8 Å². The van der Waals surface area contributed by atoms with Crippen molar-refractivity contribution >= 4 is 29.8 Å². The number of carbonyl (C=O) groups excluding carboxylic acids is 3. The summed E-state index contributed by atoms with van der Waals surface area (Å²) in [4.78, 5) is 58.5. The van der Waals surface area contributed by atoms with E-state index in [1.807, 2.05) is 48.5 Å². The standard InChI is InChI=1S/C33H36N4O9/c1-21(27-18-22(14-15-29(27)37(43)44)19-36-30(38)12-6-7-13-31(39)40)46-33(42)35-17-16-34-32(41)45-20-28-25-10-4-2-8-23(25)24-9-3-5-11-26(24)28/h2-5,8-11,14-15,18,21,28H,6-7,12-13,16-17,19-20H2,1H3,(H,34,41)(H,35,42)(H,36,38)(H,39,40). The Hall–Kier alpha value is -5.46. The van der Waals surface area contributed by atoms with Gasteiger partial charge in [0.2, 0.25) is 5.91 Å². The summed E-state index contributed by atoms with van der Waals surface area (Å²) in [6, 6.07) is 20.3. The quantitative estimate of drug-likeness (QED) is 0.0995. The first-order valence-electron chi connectivity index (χ1n) is 14.9. The van der Waals surface area contributed by atoms with E-state index in [-0.39, 0.29) is 62.2 Å². The van der Waals surface area contributed by atoms with Crippen molar-refractivity contribution in [2.24, 2.45) is 0 Å². The number of alkyl carbamates (subject to hydrolysis) is 2. The van der Waals surface area contributed by atoms with Crippen molar-refractivity contribution in [1.82, 2.24) is 16.0 Å². The zero-order chi connectivity index (χ0) is 33.1. The molecule has 1 atom stereocenters. The number of unbranched alkanes of at least 4 members (excludes halogenated alkanes) is 1. The van der Waals surface area contributed by atoms with Crippen LogP contribution in [0.25, 0.3) is 11.1 Å². The highest BCUT2D eigenvalue weighted by Crippen LogP contribution is 2.44. The lowest BCUT2D eigenvalue weighted by Gasteiger charge is -2.16. The van der Waals surface area contributed by atoms with Gasteiger partial charge in [0.1, 0.15) is 12.7 Å². The number of fused-ring (bicyclic) bond motifs is 3. The van der Waals surface area contributed by atoms with Gasteiger partial charge in [0.25, 0.3) is 5.69 Å². The lowest BCUT2D eigenvalue weighted by molar-refractivity contribution is -0.386. The minimum absolute atomic E-state index is 0.0143. The van der Waals surface area contributed by atoms with E-state index in [0.29, 0.717) is 18.4 Å². The number of benzene rings is 3. The van der Waals surface area contributed by atoms with Crippen molar-refractivity contribution in [2.75, 3.05) is 19.7 Å². The SMILES string of the molecule is CC(OC(=O)NCCNC(=O)OCC1c2ccccc2-c2ccccc21)c1cc(CNC(=O)CCCCC(=O)O)ccc1[N+](=O)[O-]. The van der Waals surface area contributed by atoms with Crippen LogP contribution in [0.5, 0.6) is 0 Å². The molecule has 0 spiro atoms. The molecule has 0 heterocycles. The molecule has 1 unspecified atom stereocenters. The van der Waals surface area contributed by atoms with Crippen LogP contribution >= 0.6 is 0 Å². The van der Waals surface area contributed by atoms with E-state index in [2.05, 4.69) is 16.0 Å². The summed E-state index contributed by atoms with van der Waals surface area (Å²) in [6.45, 7) is 1.81. The number of nitrogens with one attached hydrogen (secondary N) is 3. The minimum Gasteiger partial charge on any atom is -0.481 e. The first-order chi connectivity index (χ1) is 22.1. The number of carbonyl (C=O) groups is 4. The van der Waals surface area contributed by atoms with E-state index >= 15 is 0 Å². The van der Waals surface area contributed by atoms with Gasteiger partial charge in [-0.1, -0.05) is 54.6 Å². The molecular formula is C33H36N4O9. The van der Waals surface area contributed by atoms with Crippen LogP contribution in [0.2, 0.25) is 0 Å². The number of ether oxygens (including phenoxy) is 2. The topological polar surface area (TPSA) is 186 Å². The third-order valence-electron chi connectivity index (χ3n) is 7.55. The summed E-state index contributed by atoms with van der Waals surface area (Å²) in [5.41, 5.74) is 4.88. The Morgan fingerprint density at radius 1 is 0.870 bits per heavy atom. The highest BCUT2D eigenvalue weighted by Gasteiger charge is 2.29. The molecule has 0 radical (unpaired) electrons. The van der Waals surface area contributed by atoms with Crippen molar-refractivity contribution in [3.63, 3.8) is 0 Å². The summed E-state index contributed by atoms with van der Waals surface area (Å²) in [6.07, 6.45) is -1.52. The van der Waals surface area contributed by atoms with Gasteiger partial charge in [0, 0.05) is 44.5 Å². The third-order valence-corrected chi connectivity index (χ3v) is 7.55. The lowest BCUT2D eigenvalue weighted by Crippen LogP contribution is -2.36. The lowest BCUT2D eigenvalue weighted by atomic mass is 9.98. The fourth-order valence-electron chi connectivity index (χ4n) is 5.30. The van der Waals surface area contributed by atoms with Crippen LogP contribution in [0, 0.1) is 10.1 Å². The molecular weight excluding hydrogens is 596 g/mol. The second kappa shape index (κ2) is 16.0. The van der Waals surface area contributed by atoms with Gasteiger partial charge >= 0.3 is 18.2 Å². The van der Waals surface area contributed by atoms with Gasteiger partial charge in [-0.05, 0) is 53.6 Å². The first kappa shape index (κ1) is 33.4. The Morgan fingerprint density at radius 3 is 2.11 bits per heavy atom. The number of aliphatic carboxylic acids is 1. The number of nitro groups is 1. The predicted molar refractivity (Wildman–Crippen MR) is 167 cm³/mol. The summed E-state index contributed by atoms with van der Waals surface area (Å²) >= 11 is 0. The Kier molecular flexibility index (Phi) is 11.6. The summed E-state index contributed by atoms with van der Waals surface area (Å²) in [7, 11) is 0. The fraction of sp³-hybridized carbons (Fsp3) is 0.333. The third kappa shape index (κ3) is 9.03. The molecule has 3 aromatic carbocycles. The van der Waals surface area contributed by atoms with Crippen LogP contribution < -0.4 is 16.0 Å². The number of rotatable bonds is 15. The molecule has 13 nitrogen and oxygen atoms in total. The molecule has 1 aliphatic carbocycles. The summed E-state index contributed by atoms with van der Waals surface area (Å²) in [5.74, 6) is -1.28. The highest BCUT2D eigenvalue weighted by molar-refractivity contribution is 5.79. The molecule has 0 saturated carbocycles. The molecule has 13 heteroatoms. The molecule has 46 heavy (non-hydrogen) atoms. The Morgan fingerprint density at radius 2 is 1.48 bits per heavy atom. The van der Waals surface area contributed by atoms with Gasteiger partial charge in [0.05, 0.1) is 10.5 Å². The molecule has 0 bridgehead atoms. The smallest absolute Gasteiger partial charge is 0.407 e. The highest BCUT2D eigenvalue weighted by atomic mass is 16.6. The maximum absolute atomic E-state index is 12.4. The van der Waals surface area contributed by atoms with Crippen molar-refractivity contribution in [3.8, 4) is 11.1 Å². The second-order valence-electron chi connectivity index (χ2n) is 10.8. The Bertz CT molecular complexity index is 1550. The normalized spacial score (nSPS) is 12.3. The zero-order valence-corrected chi connectivity index (χ0v) is 25.3. The molecule has 1 aliphatic rings. The fourth-order valence-corrected chi connectivity index (χ4v) is 5.30. The molecule has 242 valence electrons. The molecule has 4 rings (SSSR count). The van der Waals surface area contributed by atoms with Crippen LogP contribution in [0.1, 0.15) is 66.9 Å². The average Bonchev–Trinajstić information content (AvgIpc) is 3.36. The molecule has 0 saturated heterocycles. The van der Waals surface area contributed by atoms with Gasteiger partial charge in [-0.3, -0.25) is 19.7 Å².